The van der Waals surface area contributed by atoms with Gasteiger partial charge in [0.25, 0.3) is 5.91 Å². The van der Waals surface area contributed by atoms with Crippen LogP contribution in [0.15, 0.2) is 93.5 Å². The van der Waals surface area contributed by atoms with Crippen molar-refractivity contribution >= 4 is 47.4 Å². The number of allylic oxidation sites excluding steroid dienone is 1. The summed E-state index contributed by atoms with van der Waals surface area (Å²) in [6.07, 6.45) is 3.28. The van der Waals surface area contributed by atoms with E-state index in [-0.39, 0.29) is 17.4 Å². The number of aliphatic carboxylic acids is 1. The van der Waals surface area contributed by atoms with Crippen LogP contribution in [-0.4, -0.2) is 55.9 Å². The Balaban J connectivity index is 1.26. The van der Waals surface area contributed by atoms with Gasteiger partial charge in [0.15, 0.2) is 5.76 Å². The Hall–Kier alpha value is -3.76. The van der Waals surface area contributed by atoms with Crippen LogP contribution in [0.2, 0.25) is 0 Å². The molecule has 0 spiro atoms. The zero-order valence-electron chi connectivity index (χ0n) is 18.9. The van der Waals surface area contributed by atoms with Gasteiger partial charge in [0.05, 0.1) is 5.75 Å². The summed E-state index contributed by atoms with van der Waals surface area (Å²) < 4.78 is 5.36. The molecule has 3 heterocycles. The Morgan fingerprint density at radius 3 is 2.58 bits per heavy atom. The molecular formula is C26H21N3O5S2. The number of nitrogens with zero attached hydrogens (tertiary/aromatic N) is 2. The molecule has 2 atom stereocenters. The Morgan fingerprint density at radius 2 is 1.86 bits per heavy atom. The number of carbonyl (C=O) groups excluding carboxylic acids is 2. The van der Waals surface area contributed by atoms with E-state index in [2.05, 4.69) is 10.5 Å². The number of aromatic nitrogens is 1. The van der Waals surface area contributed by atoms with E-state index in [0.717, 1.165) is 10.5 Å². The van der Waals surface area contributed by atoms with Gasteiger partial charge in [-0.2, -0.15) is 0 Å². The van der Waals surface area contributed by atoms with Crippen molar-refractivity contribution < 1.29 is 24.0 Å². The van der Waals surface area contributed by atoms with Crippen molar-refractivity contribution in [3.63, 3.8) is 0 Å². The fourth-order valence-electron chi connectivity index (χ4n) is 3.95. The molecule has 36 heavy (non-hydrogen) atoms. The van der Waals surface area contributed by atoms with Crippen molar-refractivity contribution in [2.24, 2.45) is 0 Å². The molecule has 3 aromatic rings. The lowest BCUT2D eigenvalue weighted by atomic mass is 10.0. The van der Waals surface area contributed by atoms with Crippen LogP contribution in [0.1, 0.15) is 5.76 Å². The van der Waals surface area contributed by atoms with E-state index in [4.69, 9.17) is 4.52 Å². The van der Waals surface area contributed by atoms with E-state index in [0.29, 0.717) is 22.8 Å². The topological polar surface area (TPSA) is 113 Å². The second-order valence-corrected chi connectivity index (χ2v) is 10.2. The van der Waals surface area contributed by atoms with Gasteiger partial charge < -0.3 is 14.9 Å². The molecule has 8 nitrogen and oxygen atoms in total. The number of carboxylic acid groups (broad SMARTS) is 1. The minimum atomic E-state index is -1.19. The van der Waals surface area contributed by atoms with Crippen LogP contribution in [0, 0.1) is 0 Å². The molecule has 0 radical (unpaired) electrons. The molecule has 2 aliphatic rings. The smallest absolute Gasteiger partial charge is 0.352 e. The molecule has 1 saturated heterocycles. The van der Waals surface area contributed by atoms with Crippen molar-refractivity contribution in [1.82, 2.24) is 15.4 Å². The predicted molar refractivity (Wildman–Crippen MR) is 138 cm³/mol. The van der Waals surface area contributed by atoms with Crippen molar-refractivity contribution in [3.05, 3.63) is 89.8 Å². The first kappa shape index (κ1) is 24.0. The number of nitrogens with one attached hydrogen (secondary N) is 1. The summed E-state index contributed by atoms with van der Waals surface area (Å²) in [5.41, 5.74) is 1.98. The lowest BCUT2D eigenvalue weighted by Crippen LogP contribution is -2.70. The second-order valence-electron chi connectivity index (χ2n) is 8.05. The van der Waals surface area contributed by atoms with Crippen LogP contribution in [-0.2, 0) is 14.4 Å². The molecule has 2 amide bonds. The zero-order valence-corrected chi connectivity index (χ0v) is 20.5. The normalized spacial score (nSPS) is 19.2. The molecule has 0 unspecified atom stereocenters. The number of fused-ring (bicyclic) bond motifs is 1. The summed E-state index contributed by atoms with van der Waals surface area (Å²) in [6, 6.07) is 20.1. The molecule has 2 N–H and O–H groups in total. The Morgan fingerprint density at radius 1 is 1.14 bits per heavy atom. The maximum Gasteiger partial charge on any atom is 0.352 e. The summed E-state index contributed by atoms with van der Waals surface area (Å²) in [6.45, 7) is 0. The van der Waals surface area contributed by atoms with Gasteiger partial charge in [-0.1, -0.05) is 59.8 Å². The first-order valence-electron chi connectivity index (χ1n) is 11.1. The first-order valence-corrected chi connectivity index (χ1v) is 13.1. The fourth-order valence-corrected chi connectivity index (χ4v) is 6.00. The highest BCUT2D eigenvalue weighted by Crippen LogP contribution is 2.41. The highest BCUT2D eigenvalue weighted by Gasteiger charge is 2.53. The van der Waals surface area contributed by atoms with Crippen LogP contribution in [0.4, 0.5) is 0 Å². The summed E-state index contributed by atoms with van der Waals surface area (Å²) in [5.74, 6) is -0.886. The van der Waals surface area contributed by atoms with E-state index in [1.807, 2.05) is 60.7 Å². The third-order valence-corrected chi connectivity index (χ3v) is 7.99. The van der Waals surface area contributed by atoms with Crippen LogP contribution in [0.25, 0.3) is 17.3 Å². The molecule has 0 bridgehead atoms. The second kappa shape index (κ2) is 10.5. The standard InChI is InChI=1S/C26H21N3O5S2/c30-21(15-35-19-9-5-2-6-10-19)27-22-24(31)29-23(26(32)33)17(14-36-25(22)29)11-12-18-13-20(28-34-18)16-7-3-1-4-8-16/h1-13,22,25H,14-15H2,(H,27,30)(H,32,33)/b12-11+/t22-,25-/m1/s1. The maximum atomic E-state index is 12.8. The van der Waals surface area contributed by atoms with Crippen LogP contribution < -0.4 is 5.32 Å². The summed E-state index contributed by atoms with van der Waals surface area (Å²) in [4.78, 5) is 39.5. The van der Waals surface area contributed by atoms with E-state index < -0.39 is 23.3 Å². The molecule has 0 saturated carbocycles. The average molecular weight is 520 g/mol. The largest absolute Gasteiger partial charge is 0.477 e. The van der Waals surface area contributed by atoms with Crippen LogP contribution >= 0.6 is 23.5 Å². The summed E-state index contributed by atoms with van der Waals surface area (Å²) >= 11 is 2.79. The van der Waals surface area contributed by atoms with Crippen molar-refractivity contribution in [2.45, 2.75) is 16.3 Å². The van der Waals surface area contributed by atoms with Gasteiger partial charge in [-0.3, -0.25) is 14.5 Å². The predicted octanol–water partition coefficient (Wildman–Crippen LogP) is 3.89. The number of carboxylic acids is 1. The number of hydrogen-bond acceptors (Lipinski definition) is 7. The fraction of sp³-hybridized carbons (Fsp3) is 0.154. The number of benzene rings is 2. The molecule has 5 rings (SSSR count). The zero-order chi connectivity index (χ0) is 25.1. The Labute approximate surface area is 215 Å². The van der Waals surface area contributed by atoms with Crippen molar-refractivity contribution in [1.29, 1.82) is 0 Å². The van der Waals surface area contributed by atoms with Gasteiger partial charge in [0.2, 0.25) is 5.91 Å². The summed E-state index contributed by atoms with van der Waals surface area (Å²) in [5, 5.41) is 16.2. The third kappa shape index (κ3) is 4.95. The lowest BCUT2D eigenvalue weighted by Gasteiger charge is -2.49. The minimum Gasteiger partial charge on any atom is -0.477 e. The van der Waals surface area contributed by atoms with Gasteiger partial charge in [-0.25, -0.2) is 4.79 Å². The molecule has 0 aliphatic carbocycles. The number of β-lactam (4-membered cyclic amide) rings is 1. The van der Waals surface area contributed by atoms with Crippen LogP contribution in [0.5, 0.6) is 0 Å². The van der Waals surface area contributed by atoms with Gasteiger partial charge >= 0.3 is 5.97 Å². The molecule has 2 aromatic carbocycles. The number of rotatable bonds is 8. The van der Waals surface area contributed by atoms with Gasteiger partial charge in [-0.15, -0.1) is 23.5 Å². The molecule has 1 aromatic heterocycles. The molecule has 2 aliphatic heterocycles. The Kier molecular flexibility index (Phi) is 6.97. The minimum absolute atomic E-state index is 0.0769. The van der Waals surface area contributed by atoms with Crippen molar-refractivity contribution in [3.8, 4) is 11.3 Å². The van der Waals surface area contributed by atoms with Gasteiger partial charge in [-0.05, 0) is 23.8 Å². The Bertz CT molecular complexity index is 1350. The monoisotopic (exact) mass is 519 g/mol. The number of hydrogen-bond donors (Lipinski definition) is 2. The summed E-state index contributed by atoms with van der Waals surface area (Å²) in [7, 11) is 0. The highest BCUT2D eigenvalue weighted by molar-refractivity contribution is 8.00. The molecule has 10 heteroatoms. The average Bonchev–Trinajstić information content (AvgIpc) is 3.39. The van der Waals surface area contributed by atoms with E-state index in [1.54, 1.807) is 18.2 Å². The van der Waals surface area contributed by atoms with Gasteiger partial charge in [0, 0.05) is 22.3 Å². The molecule has 1 fully saturated rings. The first-order chi connectivity index (χ1) is 17.5. The van der Waals surface area contributed by atoms with E-state index >= 15 is 0 Å². The highest BCUT2D eigenvalue weighted by atomic mass is 32.2. The van der Waals surface area contributed by atoms with E-state index in [9.17, 15) is 19.5 Å². The van der Waals surface area contributed by atoms with Crippen LogP contribution in [0.3, 0.4) is 0 Å². The molecular weight excluding hydrogens is 498 g/mol. The number of amides is 2. The van der Waals surface area contributed by atoms with Crippen molar-refractivity contribution in [2.75, 3.05) is 11.5 Å². The SMILES string of the molecule is O=C(CSc1ccccc1)N[C@@H]1C(=O)N2C(C(=O)O)=C(/C=C/c3cc(-c4ccccc4)no3)CS[C@H]12. The van der Waals surface area contributed by atoms with E-state index in [1.165, 1.54) is 28.4 Å². The lowest BCUT2D eigenvalue weighted by molar-refractivity contribution is -0.150. The maximum absolute atomic E-state index is 12.8. The quantitative estimate of drug-likeness (QED) is 0.341. The number of carbonyl (C=O) groups is 3. The molecule has 182 valence electrons. The number of thioether (sulfide) groups is 2. The van der Waals surface area contributed by atoms with Gasteiger partial charge in [0.1, 0.15) is 22.8 Å². The third-order valence-electron chi connectivity index (χ3n) is 5.68.